The Morgan fingerprint density at radius 1 is 1.32 bits per heavy atom. The first kappa shape index (κ1) is 12.7. The fourth-order valence-electron chi connectivity index (χ4n) is 2.90. The van der Waals surface area contributed by atoms with Crippen LogP contribution in [0.4, 0.5) is 0 Å². The number of carbonyl (C=O) groups is 1. The highest BCUT2D eigenvalue weighted by Crippen LogP contribution is 2.54. The van der Waals surface area contributed by atoms with E-state index in [1.165, 1.54) is 25.7 Å². The van der Waals surface area contributed by atoms with Gasteiger partial charge in [-0.1, -0.05) is 13.8 Å². The predicted octanol–water partition coefficient (Wildman–Crippen LogP) is 3.47. The molecule has 4 nitrogen and oxygen atoms in total. The number of carboxylic acids is 1. The topological polar surface area (TPSA) is 63.3 Å². The molecule has 2 aliphatic rings. The smallest absolute Gasteiger partial charge is 0.373 e. The summed E-state index contributed by atoms with van der Waals surface area (Å²) in [5, 5.41) is 9.25. The van der Waals surface area contributed by atoms with E-state index in [-0.39, 0.29) is 5.76 Å². The van der Waals surface area contributed by atoms with E-state index in [9.17, 15) is 9.90 Å². The van der Waals surface area contributed by atoms with E-state index >= 15 is 0 Å². The Morgan fingerprint density at radius 3 is 2.32 bits per heavy atom. The van der Waals surface area contributed by atoms with Crippen molar-refractivity contribution < 1.29 is 14.3 Å². The molecule has 0 saturated heterocycles. The van der Waals surface area contributed by atoms with Crippen LogP contribution < -0.4 is 0 Å². The van der Waals surface area contributed by atoms with Crippen molar-refractivity contribution >= 4 is 5.97 Å². The fourth-order valence-corrected chi connectivity index (χ4v) is 2.90. The Hall–Kier alpha value is -1.32. The van der Waals surface area contributed by atoms with Crippen molar-refractivity contribution in [3.8, 4) is 0 Å². The molecule has 2 aliphatic carbocycles. The zero-order valence-corrected chi connectivity index (χ0v) is 11.6. The molecule has 1 heterocycles. The van der Waals surface area contributed by atoms with Gasteiger partial charge in [0.1, 0.15) is 0 Å². The highest BCUT2D eigenvalue weighted by Gasteiger charge is 2.45. The summed E-state index contributed by atoms with van der Waals surface area (Å²) in [4.78, 5) is 15.8. The van der Waals surface area contributed by atoms with E-state index in [4.69, 9.17) is 4.42 Å². The first-order valence-corrected chi connectivity index (χ1v) is 7.29. The molecule has 104 valence electrons. The van der Waals surface area contributed by atoms with Crippen LogP contribution in [0.1, 0.15) is 67.6 Å². The van der Waals surface area contributed by atoms with Gasteiger partial charge >= 0.3 is 5.97 Å². The van der Waals surface area contributed by atoms with E-state index in [2.05, 4.69) is 18.8 Å². The Kier molecular flexibility index (Phi) is 3.11. The van der Waals surface area contributed by atoms with Crippen LogP contribution in [0.25, 0.3) is 0 Å². The van der Waals surface area contributed by atoms with E-state index in [1.54, 1.807) is 0 Å². The van der Waals surface area contributed by atoms with Gasteiger partial charge in [0.2, 0.25) is 5.76 Å². The number of hydrogen-bond donors (Lipinski definition) is 1. The van der Waals surface area contributed by atoms with Gasteiger partial charge in [-0.05, 0) is 49.9 Å². The molecule has 0 spiro atoms. The van der Waals surface area contributed by atoms with Gasteiger partial charge in [0.05, 0.1) is 5.69 Å². The number of aromatic nitrogens is 1. The highest BCUT2D eigenvalue weighted by atomic mass is 16.4. The van der Waals surface area contributed by atoms with Gasteiger partial charge in [0, 0.05) is 5.92 Å². The lowest BCUT2D eigenvalue weighted by Crippen LogP contribution is -2.05. The van der Waals surface area contributed by atoms with Crippen LogP contribution in [0.2, 0.25) is 0 Å². The number of hydrogen-bond acceptors (Lipinski definition) is 3. The zero-order valence-electron chi connectivity index (χ0n) is 11.6. The molecule has 2 saturated carbocycles. The van der Waals surface area contributed by atoms with Gasteiger partial charge in [-0.3, -0.25) is 0 Å². The van der Waals surface area contributed by atoms with Crippen molar-refractivity contribution in [1.82, 2.24) is 4.98 Å². The average Bonchev–Trinajstić information content (AvgIpc) is 3.19. The molecule has 0 unspecified atom stereocenters. The maximum absolute atomic E-state index is 11.3. The second-order valence-electron chi connectivity index (χ2n) is 6.43. The lowest BCUT2D eigenvalue weighted by Gasteiger charge is -2.09. The summed E-state index contributed by atoms with van der Waals surface area (Å²) < 4.78 is 5.63. The minimum Gasteiger partial charge on any atom is -0.475 e. The summed E-state index contributed by atoms with van der Waals surface area (Å²) in [7, 11) is 0. The van der Waals surface area contributed by atoms with Crippen LogP contribution >= 0.6 is 0 Å². The van der Waals surface area contributed by atoms with Crippen molar-refractivity contribution in [2.45, 2.75) is 51.9 Å². The summed E-state index contributed by atoms with van der Waals surface area (Å²) in [5.74, 6) is 1.89. The van der Waals surface area contributed by atoms with Gasteiger partial charge in [0.25, 0.3) is 0 Å². The second kappa shape index (κ2) is 4.66. The summed E-state index contributed by atoms with van der Waals surface area (Å²) in [5.41, 5.74) is 0.629. The molecule has 4 heteroatoms. The minimum absolute atomic E-state index is 0.0648. The summed E-state index contributed by atoms with van der Waals surface area (Å²) in [6, 6.07) is 0. The number of aromatic carboxylic acids is 1. The molecular weight excluding hydrogens is 242 g/mol. The SMILES string of the molecule is CC(C)Cc1nc(C(C2CC2)C2CC2)oc1C(=O)O. The Morgan fingerprint density at radius 2 is 1.89 bits per heavy atom. The Labute approximate surface area is 113 Å². The molecule has 0 bridgehead atoms. The lowest BCUT2D eigenvalue weighted by atomic mass is 9.98. The zero-order chi connectivity index (χ0) is 13.6. The van der Waals surface area contributed by atoms with Gasteiger partial charge in [-0.25, -0.2) is 9.78 Å². The maximum Gasteiger partial charge on any atom is 0.373 e. The van der Waals surface area contributed by atoms with Crippen molar-refractivity contribution in [2.75, 3.05) is 0 Å². The van der Waals surface area contributed by atoms with E-state index < -0.39 is 5.97 Å². The number of nitrogens with zero attached hydrogens (tertiary/aromatic N) is 1. The molecular formula is C15H21NO3. The number of oxazole rings is 1. The van der Waals surface area contributed by atoms with Gasteiger partial charge in [-0.2, -0.15) is 0 Å². The van der Waals surface area contributed by atoms with Crippen LogP contribution in [-0.4, -0.2) is 16.1 Å². The molecule has 0 atom stereocenters. The van der Waals surface area contributed by atoms with Crippen molar-refractivity contribution in [3.05, 3.63) is 17.3 Å². The molecule has 1 aromatic heterocycles. The van der Waals surface area contributed by atoms with Crippen molar-refractivity contribution in [3.63, 3.8) is 0 Å². The molecule has 19 heavy (non-hydrogen) atoms. The van der Waals surface area contributed by atoms with E-state index in [1.807, 2.05) is 0 Å². The fraction of sp³-hybridized carbons (Fsp3) is 0.733. The molecule has 1 aromatic rings. The Balaban J connectivity index is 1.90. The standard InChI is InChI=1S/C15H21NO3/c1-8(2)7-11-13(15(17)18)19-14(16-11)12(9-3-4-9)10-5-6-10/h8-10,12H,3-7H2,1-2H3,(H,17,18). The van der Waals surface area contributed by atoms with Gasteiger partial charge in [-0.15, -0.1) is 0 Å². The summed E-state index contributed by atoms with van der Waals surface area (Å²) in [6.07, 6.45) is 5.64. The molecule has 0 aliphatic heterocycles. The van der Waals surface area contributed by atoms with Gasteiger partial charge < -0.3 is 9.52 Å². The lowest BCUT2D eigenvalue weighted by molar-refractivity contribution is 0.0657. The Bertz CT molecular complexity index is 472. The van der Waals surface area contributed by atoms with Gasteiger partial charge in [0.15, 0.2) is 5.89 Å². The van der Waals surface area contributed by atoms with Crippen LogP contribution in [0.5, 0.6) is 0 Å². The van der Waals surface area contributed by atoms with Crippen molar-refractivity contribution in [1.29, 1.82) is 0 Å². The van der Waals surface area contributed by atoms with Crippen molar-refractivity contribution in [2.24, 2.45) is 17.8 Å². The molecule has 0 aromatic carbocycles. The van der Waals surface area contributed by atoms with E-state index in [0.717, 1.165) is 0 Å². The molecule has 2 fully saturated rings. The predicted molar refractivity (Wildman–Crippen MR) is 70.2 cm³/mol. The molecule has 3 rings (SSSR count). The molecule has 1 N–H and O–H groups in total. The van der Waals surface area contributed by atoms with Crippen LogP contribution in [-0.2, 0) is 6.42 Å². The van der Waals surface area contributed by atoms with Crippen LogP contribution in [0.15, 0.2) is 4.42 Å². The largest absolute Gasteiger partial charge is 0.475 e. The molecule has 0 radical (unpaired) electrons. The first-order chi connectivity index (χ1) is 9.06. The third-order valence-corrected chi connectivity index (χ3v) is 4.05. The quantitative estimate of drug-likeness (QED) is 0.853. The normalized spacial score (nSPS) is 19.4. The second-order valence-corrected chi connectivity index (χ2v) is 6.43. The summed E-state index contributed by atoms with van der Waals surface area (Å²) >= 11 is 0. The summed E-state index contributed by atoms with van der Waals surface area (Å²) in [6.45, 7) is 4.14. The molecule has 0 amide bonds. The maximum atomic E-state index is 11.3. The third-order valence-electron chi connectivity index (χ3n) is 4.05. The van der Waals surface area contributed by atoms with Crippen LogP contribution in [0.3, 0.4) is 0 Å². The third kappa shape index (κ3) is 2.67. The first-order valence-electron chi connectivity index (χ1n) is 7.29. The number of rotatable bonds is 6. The average molecular weight is 263 g/mol. The monoisotopic (exact) mass is 263 g/mol. The van der Waals surface area contributed by atoms with E-state index in [0.29, 0.717) is 41.7 Å². The van der Waals surface area contributed by atoms with Crippen LogP contribution in [0, 0.1) is 17.8 Å². The number of carboxylic acid groups (broad SMARTS) is 1. The highest BCUT2D eigenvalue weighted by molar-refractivity contribution is 5.85. The minimum atomic E-state index is -0.986.